The van der Waals surface area contributed by atoms with Crippen LogP contribution in [0, 0.1) is 0 Å². The van der Waals surface area contributed by atoms with E-state index in [0.717, 1.165) is 22.9 Å². The van der Waals surface area contributed by atoms with Gasteiger partial charge in [0, 0.05) is 12.1 Å². The Morgan fingerprint density at radius 3 is 1.42 bits per heavy atom. The summed E-state index contributed by atoms with van der Waals surface area (Å²) in [6.07, 6.45) is 30.0. The number of nitrogens with one attached hydrogen (secondary N) is 2. The van der Waals surface area contributed by atoms with Gasteiger partial charge >= 0.3 is 0 Å². The summed E-state index contributed by atoms with van der Waals surface area (Å²) >= 11 is 0. The average molecular weight is 593 g/mol. The quantitative estimate of drug-likeness (QED) is 0.0964. The average Bonchev–Trinajstić information content (AvgIpc) is 3.01. The number of hydrogen-bond donors (Lipinski definition) is 2. The van der Waals surface area contributed by atoms with Gasteiger partial charge < -0.3 is 15.4 Å². The van der Waals surface area contributed by atoms with E-state index in [-0.39, 0.29) is 0 Å². The van der Waals surface area contributed by atoms with E-state index in [1.807, 2.05) is 30.3 Å². The Labute approximate surface area is 267 Å². The predicted octanol–water partition coefficient (Wildman–Crippen LogP) is 13.7. The Morgan fingerprint density at radius 1 is 0.488 bits per heavy atom. The highest BCUT2D eigenvalue weighted by atomic mass is 16.5. The van der Waals surface area contributed by atoms with Crippen LogP contribution in [0.4, 0.5) is 11.4 Å². The number of ether oxygens (including phenoxy) is 1. The summed E-state index contributed by atoms with van der Waals surface area (Å²) in [6, 6.07) is 17.4. The SMILES string of the molecule is CCCCCCCCCCCCC(C)Nc1cccc(Oc2ccccc2)c1NC(C)CCCCCCCCCCCC. The first-order chi connectivity index (χ1) is 21.1. The normalized spacial score (nSPS) is 12.7. The maximum absolute atomic E-state index is 6.40. The minimum Gasteiger partial charge on any atom is -0.455 e. The second-order valence-electron chi connectivity index (χ2n) is 13.1. The second kappa shape index (κ2) is 25.2. The van der Waals surface area contributed by atoms with E-state index in [9.17, 15) is 0 Å². The summed E-state index contributed by atoms with van der Waals surface area (Å²) in [4.78, 5) is 0. The highest BCUT2D eigenvalue weighted by Crippen LogP contribution is 2.37. The molecular formula is C40H68N2O. The number of hydrogen-bond acceptors (Lipinski definition) is 3. The van der Waals surface area contributed by atoms with Crippen LogP contribution in [0.2, 0.25) is 0 Å². The lowest BCUT2D eigenvalue weighted by atomic mass is 10.0. The first-order valence-electron chi connectivity index (χ1n) is 18.5. The van der Waals surface area contributed by atoms with Crippen LogP contribution < -0.4 is 15.4 Å². The third-order valence-corrected chi connectivity index (χ3v) is 8.77. The maximum atomic E-state index is 6.40. The first-order valence-corrected chi connectivity index (χ1v) is 18.5. The van der Waals surface area contributed by atoms with Crippen LogP contribution in [0.3, 0.4) is 0 Å². The van der Waals surface area contributed by atoms with Crippen LogP contribution in [0.5, 0.6) is 11.5 Å². The maximum Gasteiger partial charge on any atom is 0.152 e. The molecule has 0 saturated carbocycles. The lowest BCUT2D eigenvalue weighted by molar-refractivity contribution is 0.483. The molecule has 0 bridgehead atoms. The van der Waals surface area contributed by atoms with Crippen LogP contribution >= 0.6 is 0 Å². The minimum atomic E-state index is 0.396. The molecule has 0 fully saturated rings. The highest BCUT2D eigenvalue weighted by Gasteiger charge is 2.15. The smallest absolute Gasteiger partial charge is 0.152 e. The van der Waals surface area contributed by atoms with E-state index in [1.54, 1.807) is 0 Å². The zero-order chi connectivity index (χ0) is 30.8. The van der Waals surface area contributed by atoms with E-state index in [0.29, 0.717) is 12.1 Å². The van der Waals surface area contributed by atoms with Crippen molar-refractivity contribution in [3.8, 4) is 11.5 Å². The lowest BCUT2D eigenvalue weighted by Crippen LogP contribution is -2.20. The summed E-state index contributed by atoms with van der Waals surface area (Å²) in [5.74, 6) is 1.78. The van der Waals surface area contributed by atoms with E-state index in [1.165, 1.54) is 141 Å². The third kappa shape index (κ3) is 18.3. The van der Waals surface area contributed by atoms with Crippen LogP contribution in [-0.4, -0.2) is 12.1 Å². The Morgan fingerprint density at radius 2 is 0.930 bits per heavy atom. The lowest BCUT2D eigenvalue weighted by Gasteiger charge is -2.24. The van der Waals surface area contributed by atoms with Crippen LogP contribution in [0.25, 0.3) is 0 Å². The molecule has 0 aliphatic carbocycles. The molecule has 2 N–H and O–H groups in total. The molecule has 0 aromatic heterocycles. The topological polar surface area (TPSA) is 33.3 Å². The predicted molar refractivity (Wildman–Crippen MR) is 192 cm³/mol. The van der Waals surface area contributed by atoms with Crippen molar-refractivity contribution in [3.05, 3.63) is 48.5 Å². The van der Waals surface area contributed by atoms with Gasteiger partial charge in [0.25, 0.3) is 0 Å². The molecule has 2 unspecified atom stereocenters. The zero-order valence-corrected chi connectivity index (χ0v) is 28.7. The molecule has 0 radical (unpaired) electrons. The molecule has 2 aromatic carbocycles. The van der Waals surface area contributed by atoms with Gasteiger partial charge in [0.1, 0.15) is 11.4 Å². The largest absolute Gasteiger partial charge is 0.455 e. The van der Waals surface area contributed by atoms with Crippen molar-refractivity contribution in [1.82, 2.24) is 0 Å². The summed E-state index contributed by atoms with van der Waals surface area (Å²) in [5.41, 5.74) is 2.25. The molecule has 0 amide bonds. The van der Waals surface area contributed by atoms with Gasteiger partial charge in [-0.15, -0.1) is 0 Å². The van der Waals surface area contributed by atoms with Gasteiger partial charge in [-0.05, 0) is 51.0 Å². The number of anilines is 2. The highest BCUT2D eigenvalue weighted by molar-refractivity contribution is 5.76. The van der Waals surface area contributed by atoms with Gasteiger partial charge in [0.15, 0.2) is 5.75 Å². The fourth-order valence-electron chi connectivity index (χ4n) is 6.03. The van der Waals surface area contributed by atoms with Crippen molar-refractivity contribution < 1.29 is 4.74 Å². The number of para-hydroxylation sites is 2. The van der Waals surface area contributed by atoms with E-state index < -0.39 is 0 Å². The second-order valence-corrected chi connectivity index (χ2v) is 13.1. The molecule has 0 saturated heterocycles. The standard InChI is InChI=1S/C40H68N2O/c1-5-7-9-11-13-15-17-19-21-24-29-35(3)41-38-33-28-34-39(43-37-31-26-23-27-32-37)40(38)42-36(4)30-25-22-20-18-16-14-12-10-8-6-2/h23,26-28,31-36,41-42H,5-22,24-25,29-30H2,1-4H3. The molecule has 0 aliphatic heterocycles. The van der Waals surface area contributed by atoms with Crippen molar-refractivity contribution >= 4 is 11.4 Å². The van der Waals surface area contributed by atoms with Gasteiger partial charge in [0.2, 0.25) is 0 Å². The van der Waals surface area contributed by atoms with Crippen LogP contribution in [-0.2, 0) is 0 Å². The Balaban J connectivity index is 1.81. The van der Waals surface area contributed by atoms with E-state index in [2.05, 4.69) is 56.5 Å². The molecule has 244 valence electrons. The monoisotopic (exact) mass is 593 g/mol. The van der Waals surface area contributed by atoms with Gasteiger partial charge in [-0.25, -0.2) is 0 Å². The number of unbranched alkanes of at least 4 members (excludes halogenated alkanes) is 18. The molecule has 2 rings (SSSR count). The van der Waals surface area contributed by atoms with Crippen LogP contribution in [0.1, 0.15) is 169 Å². The first kappa shape index (κ1) is 37.0. The minimum absolute atomic E-state index is 0.396. The Hall–Kier alpha value is -2.16. The molecule has 3 nitrogen and oxygen atoms in total. The number of rotatable bonds is 28. The van der Waals surface area contributed by atoms with E-state index in [4.69, 9.17) is 4.74 Å². The Kier molecular flexibility index (Phi) is 21.7. The van der Waals surface area contributed by atoms with E-state index >= 15 is 0 Å². The molecule has 2 aromatic rings. The van der Waals surface area contributed by atoms with Gasteiger partial charge in [0.05, 0.1) is 5.69 Å². The summed E-state index contributed by atoms with van der Waals surface area (Å²) < 4.78 is 6.40. The van der Waals surface area contributed by atoms with Crippen molar-refractivity contribution in [2.24, 2.45) is 0 Å². The molecule has 2 atom stereocenters. The third-order valence-electron chi connectivity index (χ3n) is 8.77. The van der Waals surface area contributed by atoms with Crippen molar-refractivity contribution in [1.29, 1.82) is 0 Å². The zero-order valence-electron chi connectivity index (χ0n) is 28.7. The van der Waals surface area contributed by atoms with Gasteiger partial charge in [-0.2, -0.15) is 0 Å². The van der Waals surface area contributed by atoms with Crippen molar-refractivity contribution in [2.45, 2.75) is 181 Å². The Bertz CT molecular complexity index is 899. The number of benzene rings is 2. The van der Waals surface area contributed by atoms with Crippen molar-refractivity contribution in [3.63, 3.8) is 0 Å². The van der Waals surface area contributed by atoms with Gasteiger partial charge in [-0.1, -0.05) is 167 Å². The summed E-state index contributed by atoms with van der Waals surface area (Å²) in [6.45, 7) is 9.24. The molecular weight excluding hydrogens is 524 g/mol. The summed E-state index contributed by atoms with van der Waals surface area (Å²) in [7, 11) is 0. The summed E-state index contributed by atoms with van der Waals surface area (Å²) in [5, 5.41) is 7.70. The van der Waals surface area contributed by atoms with Gasteiger partial charge in [-0.3, -0.25) is 0 Å². The molecule has 3 heteroatoms. The molecule has 0 aliphatic rings. The molecule has 0 heterocycles. The van der Waals surface area contributed by atoms with Crippen molar-refractivity contribution in [2.75, 3.05) is 10.6 Å². The van der Waals surface area contributed by atoms with Crippen LogP contribution in [0.15, 0.2) is 48.5 Å². The molecule has 43 heavy (non-hydrogen) atoms. The molecule has 0 spiro atoms. The fourth-order valence-corrected chi connectivity index (χ4v) is 6.03. The fraction of sp³-hybridized carbons (Fsp3) is 0.700.